The minimum Gasteiger partial charge on any atom is -0.350 e. The van der Waals surface area contributed by atoms with Gasteiger partial charge >= 0.3 is 0 Å². The van der Waals surface area contributed by atoms with Gasteiger partial charge in [0, 0.05) is 30.6 Å². The molecule has 0 radical (unpaired) electrons. The van der Waals surface area contributed by atoms with Gasteiger partial charge in [-0.1, -0.05) is 104 Å². The van der Waals surface area contributed by atoms with Crippen molar-refractivity contribution in [1.82, 2.24) is 52.3 Å². The van der Waals surface area contributed by atoms with E-state index in [1.807, 2.05) is 97.8 Å². The Hall–Kier alpha value is -6.44. The van der Waals surface area contributed by atoms with Crippen molar-refractivity contribution in [2.45, 2.75) is 219 Å². The second kappa shape index (κ2) is 30.9. The van der Waals surface area contributed by atoms with E-state index in [1.165, 1.54) is 56.9 Å². The molecule has 2 aromatic carbocycles. The van der Waals surface area contributed by atoms with Gasteiger partial charge in [-0.15, -0.1) is 0 Å². The Kier molecular flexibility index (Phi) is 25.7. The van der Waals surface area contributed by atoms with E-state index in [0.29, 0.717) is 18.9 Å². The summed E-state index contributed by atoms with van der Waals surface area (Å²) in [6.07, 6.45) is 6.93. The quantitative estimate of drug-likeness (QED) is 0.0471. The van der Waals surface area contributed by atoms with Gasteiger partial charge in [0.2, 0.25) is 47.3 Å². The number of hydrogen-bond acceptors (Lipinski definition) is 10. The number of nitrogens with one attached hydrogen (secondary N) is 8. The van der Waals surface area contributed by atoms with Crippen molar-refractivity contribution < 1.29 is 47.5 Å². The first-order chi connectivity index (χ1) is 38.7. The Balaban J connectivity index is 1.52. The molecule has 2 fully saturated rings. The van der Waals surface area contributed by atoms with Gasteiger partial charge in [0.25, 0.3) is 5.91 Å². The van der Waals surface area contributed by atoms with E-state index in [1.54, 1.807) is 13.8 Å². The van der Waals surface area contributed by atoms with Crippen LogP contribution < -0.4 is 42.5 Å². The lowest BCUT2D eigenvalue weighted by molar-refractivity contribution is -0.139. The van der Waals surface area contributed by atoms with Crippen molar-refractivity contribution in [3.05, 3.63) is 71.5 Å². The number of amides is 9. The molecule has 2 aliphatic rings. The van der Waals surface area contributed by atoms with Gasteiger partial charge in [-0.2, -0.15) is 0 Å². The normalized spacial score (nSPS) is 17.9. The molecule has 9 amide bonds. The minimum atomic E-state index is -1.65. The molecule has 0 bridgehead atoms. The van der Waals surface area contributed by atoms with E-state index in [2.05, 4.69) is 42.5 Å². The van der Waals surface area contributed by atoms with E-state index in [0.717, 1.165) is 37.7 Å². The van der Waals surface area contributed by atoms with Crippen LogP contribution in [0.3, 0.4) is 0 Å². The van der Waals surface area contributed by atoms with Crippen molar-refractivity contribution in [3.8, 4) is 0 Å². The smallest absolute Gasteiger partial charge is 0.254 e. The van der Waals surface area contributed by atoms with Crippen LogP contribution in [0, 0.1) is 29.5 Å². The third-order valence-electron chi connectivity index (χ3n) is 15.5. The summed E-state index contributed by atoms with van der Waals surface area (Å²) in [6, 6.07) is 8.99. The van der Waals surface area contributed by atoms with Crippen LogP contribution in [0.5, 0.6) is 0 Å². The maximum atomic E-state index is 14.7. The van der Waals surface area contributed by atoms with Gasteiger partial charge in [-0.25, -0.2) is 4.39 Å². The topological polar surface area (TPSA) is 256 Å². The number of likely N-dealkylation sites (N-methyl/N-ethyl adjacent to an activating group) is 1. The third-order valence-corrected chi connectivity index (χ3v) is 15.5. The predicted octanol–water partition coefficient (Wildman–Crippen LogP) is 6.01. The summed E-state index contributed by atoms with van der Waals surface area (Å²) in [5.74, 6) is -6.01. The van der Waals surface area contributed by atoms with Gasteiger partial charge in [-0.3, -0.25) is 43.2 Å². The molecule has 8 N–H and O–H groups in total. The summed E-state index contributed by atoms with van der Waals surface area (Å²) in [6.45, 7) is 23.0. The summed E-state index contributed by atoms with van der Waals surface area (Å²) in [7, 11) is 3.77. The van der Waals surface area contributed by atoms with Gasteiger partial charge in [0.1, 0.15) is 52.6 Å². The number of nitrogens with zero attached hydrogens (tertiary/aromatic N) is 2. The first-order valence-corrected chi connectivity index (χ1v) is 29.9. The van der Waals surface area contributed by atoms with Crippen molar-refractivity contribution in [2.24, 2.45) is 23.7 Å². The molecule has 0 spiro atoms. The number of benzene rings is 2. The molecule has 4 rings (SSSR count). The SMILES string of the molecule is CC(C)C[C@H](NC(=O)[C@H](CCC1CCCCC1)NC(=O)[C@@H]1C[C@@H](c2ccccc2)CN1C(=O)c1ccc(F)cc1)C(=O)NC(C)(C)C(=O)N[C@@H](CC(C)C)C(=O)N[C@@H](CC(C)C)C(=O)NC(C)(C)C(=O)NC(C)(C)C(=O)N[C@@H](C)CN(C)C. The molecule has 462 valence electrons. The Morgan fingerprint density at radius 3 is 1.54 bits per heavy atom. The molecule has 1 saturated carbocycles. The molecular weight excluding hydrogens is 1060 g/mol. The number of hydrogen-bond donors (Lipinski definition) is 8. The lowest BCUT2D eigenvalue weighted by atomic mass is 9.85. The maximum absolute atomic E-state index is 14.7. The monoisotopic (exact) mass is 1160 g/mol. The molecule has 0 unspecified atom stereocenters. The molecule has 1 aliphatic carbocycles. The summed E-state index contributed by atoms with van der Waals surface area (Å²) in [5, 5.41) is 22.8. The van der Waals surface area contributed by atoms with Crippen molar-refractivity contribution in [3.63, 3.8) is 0 Å². The predicted molar refractivity (Wildman–Crippen MR) is 320 cm³/mol. The van der Waals surface area contributed by atoms with E-state index >= 15 is 0 Å². The highest BCUT2D eigenvalue weighted by atomic mass is 19.1. The van der Waals surface area contributed by atoms with Crippen molar-refractivity contribution in [2.75, 3.05) is 27.2 Å². The minimum absolute atomic E-state index is 0.0974. The van der Waals surface area contributed by atoms with Crippen LogP contribution in [-0.4, -0.2) is 143 Å². The van der Waals surface area contributed by atoms with Crippen LogP contribution in [0.1, 0.15) is 182 Å². The highest BCUT2D eigenvalue weighted by Gasteiger charge is 2.44. The van der Waals surface area contributed by atoms with Crippen molar-refractivity contribution in [1.29, 1.82) is 0 Å². The lowest BCUT2D eigenvalue weighted by Gasteiger charge is -2.34. The largest absolute Gasteiger partial charge is 0.350 e. The van der Waals surface area contributed by atoms with Gasteiger partial charge in [0.15, 0.2) is 0 Å². The number of likely N-dealkylation sites (tertiary alicyclic amines) is 1. The first kappa shape index (κ1) is 69.1. The molecule has 7 atom stereocenters. The van der Waals surface area contributed by atoms with Crippen LogP contribution in [0.25, 0.3) is 0 Å². The molecule has 1 saturated heterocycles. The second-order valence-electron chi connectivity index (χ2n) is 26.4. The highest BCUT2D eigenvalue weighted by molar-refractivity contribution is 6.01. The van der Waals surface area contributed by atoms with E-state index in [9.17, 15) is 47.5 Å². The number of carbonyl (C=O) groups excluding carboxylic acids is 9. The third kappa shape index (κ3) is 21.6. The highest BCUT2D eigenvalue weighted by Crippen LogP contribution is 2.34. The van der Waals surface area contributed by atoms with Gasteiger partial charge < -0.3 is 52.3 Å². The Bertz CT molecular complexity index is 2530. The Labute approximate surface area is 493 Å². The lowest BCUT2D eigenvalue weighted by Crippen LogP contribution is -2.65. The Morgan fingerprint density at radius 2 is 1.04 bits per heavy atom. The summed E-state index contributed by atoms with van der Waals surface area (Å²) < 4.78 is 14.0. The van der Waals surface area contributed by atoms with Crippen LogP contribution >= 0.6 is 0 Å². The van der Waals surface area contributed by atoms with E-state index < -0.39 is 106 Å². The van der Waals surface area contributed by atoms with Crippen LogP contribution in [0.2, 0.25) is 0 Å². The van der Waals surface area contributed by atoms with Crippen LogP contribution in [0.4, 0.5) is 4.39 Å². The zero-order chi connectivity index (χ0) is 62.1. The van der Waals surface area contributed by atoms with Crippen molar-refractivity contribution >= 4 is 53.2 Å². The molecule has 2 aromatic rings. The zero-order valence-corrected chi connectivity index (χ0v) is 52.2. The number of rotatable bonds is 29. The fourth-order valence-corrected chi connectivity index (χ4v) is 10.8. The molecule has 1 aliphatic heterocycles. The van der Waals surface area contributed by atoms with E-state index in [-0.39, 0.29) is 73.9 Å². The summed E-state index contributed by atoms with van der Waals surface area (Å²) >= 11 is 0. The molecule has 19 nitrogen and oxygen atoms in total. The summed E-state index contributed by atoms with van der Waals surface area (Å²) in [5.41, 5.74) is -3.37. The fourth-order valence-electron chi connectivity index (χ4n) is 10.8. The molecule has 83 heavy (non-hydrogen) atoms. The first-order valence-electron chi connectivity index (χ1n) is 29.9. The van der Waals surface area contributed by atoms with Gasteiger partial charge in [-0.05, 0) is 155 Å². The zero-order valence-electron chi connectivity index (χ0n) is 52.2. The van der Waals surface area contributed by atoms with Crippen LogP contribution in [0.15, 0.2) is 54.6 Å². The standard InChI is InChI=1S/C63H99FN10O9/c1-38(2)32-48(53(76)68-50(34-40(5)6)55(78)71-63(12,13)60(83)72-62(10,11)58(81)65-41(7)36-73(14)15)69-59(82)61(8,9)70-54(77)49(33-39(3)4)67-52(75)47(31-26-42-22-18-16-19-23-42)66-56(79)51-35-45(43-24-20-17-21-25-43)37-74(51)57(80)44-27-29-46(64)30-28-44/h17,20-21,24-25,27-30,38-42,45,47-51H,16,18-19,22-23,26,31-37H2,1-15H3,(H,65,81)(H,66,79)(H,67,75)(H,68,76)(H,69,82)(H,70,77)(H,71,78)(H,72,83)/t41-,45+,47-,48-,49-,50-,51-/m0/s1. The van der Waals surface area contributed by atoms with E-state index in [4.69, 9.17) is 0 Å². The fraction of sp³-hybridized carbons (Fsp3) is 0.667. The summed E-state index contributed by atoms with van der Waals surface area (Å²) in [4.78, 5) is 131. The molecular formula is C63H99FN10O9. The number of halogens is 1. The maximum Gasteiger partial charge on any atom is 0.254 e. The molecule has 1 heterocycles. The average molecular weight is 1160 g/mol. The number of carbonyl (C=O) groups is 9. The Morgan fingerprint density at radius 1 is 0.566 bits per heavy atom. The van der Waals surface area contributed by atoms with Crippen LogP contribution in [-0.2, 0) is 38.4 Å². The second-order valence-corrected chi connectivity index (χ2v) is 26.4. The average Bonchev–Trinajstić information content (AvgIpc) is 4.15. The van der Waals surface area contributed by atoms with Gasteiger partial charge in [0.05, 0.1) is 0 Å². The molecule has 0 aromatic heterocycles. The molecule has 20 heteroatoms.